The number of carbonyl (C=O) groups is 1. The van der Waals surface area contributed by atoms with Gasteiger partial charge in [-0.15, -0.1) is 0 Å². The van der Waals surface area contributed by atoms with E-state index in [0.717, 1.165) is 19.3 Å². The second kappa shape index (κ2) is 5.85. The van der Waals surface area contributed by atoms with E-state index < -0.39 is 0 Å². The number of hydrogen-bond acceptors (Lipinski definition) is 1. The zero-order valence-electron chi connectivity index (χ0n) is 10.5. The zero-order valence-corrected chi connectivity index (χ0v) is 10.5. The molecule has 0 spiro atoms. The van der Waals surface area contributed by atoms with Crippen LogP contribution in [0.25, 0.3) is 0 Å². The van der Waals surface area contributed by atoms with Gasteiger partial charge in [0.1, 0.15) is 0 Å². The van der Waals surface area contributed by atoms with Crippen LogP contribution in [0, 0.1) is 5.92 Å². The van der Waals surface area contributed by atoms with E-state index in [4.69, 9.17) is 0 Å². The van der Waals surface area contributed by atoms with Gasteiger partial charge in [-0.2, -0.15) is 0 Å². The summed E-state index contributed by atoms with van der Waals surface area (Å²) in [7, 11) is 0. The average molecular weight is 231 g/mol. The molecular weight excluding hydrogens is 210 g/mol. The fraction of sp³-hybridized carbons (Fsp3) is 0.533. The Morgan fingerprint density at radius 2 is 1.94 bits per heavy atom. The fourth-order valence-electron chi connectivity index (χ4n) is 2.57. The van der Waals surface area contributed by atoms with Gasteiger partial charge in [0, 0.05) is 12.0 Å². The summed E-state index contributed by atoms with van der Waals surface area (Å²) in [6.07, 6.45) is 5.49. The van der Waals surface area contributed by atoms with Crippen molar-refractivity contribution in [1.82, 2.24) is 5.32 Å². The van der Waals surface area contributed by atoms with Crippen molar-refractivity contribution in [3.05, 3.63) is 35.9 Å². The van der Waals surface area contributed by atoms with Crippen molar-refractivity contribution >= 4 is 5.91 Å². The lowest BCUT2D eigenvalue weighted by Gasteiger charge is -2.17. The predicted octanol–water partition coefficient (Wildman–Crippen LogP) is 2.92. The molecule has 0 heterocycles. The Labute approximate surface area is 103 Å². The summed E-state index contributed by atoms with van der Waals surface area (Å²) >= 11 is 0. The summed E-state index contributed by atoms with van der Waals surface area (Å²) in [5, 5.41) is 3.13. The predicted molar refractivity (Wildman–Crippen MR) is 69.7 cm³/mol. The quantitative estimate of drug-likeness (QED) is 0.848. The first-order valence-electron chi connectivity index (χ1n) is 6.60. The molecule has 1 aliphatic carbocycles. The van der Waals surface area contributed by atoms with Gasteiger partial charge in [-0.3, -0.25) is 4.79 Å². The summed E-state index contributed by atoms with van der Waals surface area (Å²) in [5.41, 5.74) is 1.28. The fourth-order valence-corrected chi connectivity index (χ4v) is 2.57. The van der Waals surface area contributed by atoms with Crippen LogP contribution in [0.15, 0.2) is 30.3 Å². The number of amides is 1. The highest BCUT2D eigenvalue weighted by atomic mass is 16.1. The van der Waals surface area contributed by atoms with Crippen LogP contribution >= 0.6 is 0 Å². The molecule has 2 nitrogen and oxygen atoms in total. The molecule has 1 fully saturated rings. The van der Waals surface area contributed by atoms with Crippen molar-refractivity contribution in [3.8, 4) is 0 Å². The SMILES string of the molecule is CC(Cc1ccccc1)NC(=O)C1CCCC1. The van der Waals surface area contributed by atoms with Crippen molar-refractivity contribution in [2.24, 2.45) is 5.92 Å². The van der Waals surface area contributed by atoms with Crippen molar-refractivity contribution < 1.29 is 4.79 Å². The van der Waals surface area contributed by atoms with Gasteiger partial charge < -0.3 is 5.32 Å². The maximum atomic E-state index is 11.9. The van der Waals surface area contributed by atoms with Crippen LogP contribution in [0.4, 0.5) is 0 Å². The number of hydrogen-bond donors (Lipinski definition) is 1. The highest BCUT2D eigenvalue weighted by Crippen LogP contribution is 2.24. The molecule has 0 bridgehead atoms. The van der Waals surface area contributed by atoms with E-state index in [0.29, 0.717) is 0 Å². The molecule has 17 heavy (non-hydrogen) atoms. The van der Waals surface area contributed by atoms with Crippen LogP contribution < -0.4 is 5.32 Å². The van der Waals surface area contributed by atoms with Crippen LogP contribution in [0.3, 0.4) is 0 Å². The van der Waals surface area contributed by atoms with Crippen molar-refractivity contribution in [2.45, 2.75) is 45.1 Å². The molecule has 1 amide bonds. The maximum Gasteiger partial charge on any atom is 0.223 e. The summed E-state index contributed by atoms with van der Waals surface area (Å²) < 4.78 is 0. The van der Waals surface area contributed by atoms with Crippen LogP contribution in [-0.2, 0) is 11.2 Å². The lowest BCUT2D eigenvalue weighted by Crippen LogP contribution is -2.37. The first-order chi connectivity index (χ1) is 8.25. The molecule has 2 rings (SSSR count). The monoisotopic (exact) mass is 231 g/mol. The Morgan fingerprint density at radius 3 is 2.59 bits per heavy atom. The standard InChI is InChI=1S/C15H21NO/c1-12(11-13-7-3-2-4-8-13)16-15(17)14-9-5-6-10-14/h2-4,7-8,12,14H,5-6,9-11H2,1H3,(H,16,17). The smallest absolute Gasteiger partial charge is 0.223 e. The molecule has 1 atom stereocenters. The van der Waals surface area contributed by atoms with E-state index in [2.05, 4.69) is 24.4 Å². The highest BCUT2D eigenvalue weighted by molar-refractivity contribution is 5.79. The van der Waals surface area contributed by atoms with Crippen LogP contribution in [0.2, 0.25) is 0 Å². The topological polar surface area (TPSA) is 29.1 Å². The zero-order chi connectivity index (χ0) is 12.1. The molecule has 2 heteroatoms. The van der Waals surface area contributed by atoms with E-state index in [1.807, 2.05) is 18.2 Å². The number of benzene rings is 1. The number of carbonyl (C=O) groups excluding carboxylic acids is 1. The summed E-state index contributed by atoms with van der Waals surface area (Å²) in [6, 6.07) is 10.6. The molecule has 1 aromatic rings. The second-order valence-electron chi connectivity index (χ2n) is 5.08. The van der Waals surface area contributed by atoms with Crippen molar-refractivity contribution in [1.29, 1.82) is 0 Å². The van der Waals surface area contributed by atoms with E-state index in [9.17, 15) is 4.79 Å². The molecular formula is C15H21NO. The molecule has 1 N–H and O–H groups in total. The molecule has 0 aliphatic heterocycles. The van der Waals surface area contributed by atoms with Gasteiger partial charge in [0.05, 0.1) is 0 Å². The van der Waals surface area contributed by atoms with E-state index >= 15 is 0 Å². The maximum absolute atomic E-state index is 11.9. The molecule has 1 unspecified atom stereocenters. The normalized spacial score (nSPS) is 17.9. The molecule has 0 aromatic heterocycles. The largest absolute Gasteiger partial charge is 0.353 e. The van der Waals surface area contributed by atoms with Crippen LogP contribution in [0.5, 0.6) is 0 Å². The Hall–Kier alpha value is -1.31. The molecule has 0 radical (unpaired) electrons. The van der Waals surface area contributed by atoms with Gasteiger partial charge in [-0.1, -0.05) is 43.2 Å². The first kappa shape index (κ1) is 12.2. The number of rotatable bonds is 4. The van der Waals surface area contributed by atoms with Crippen molar-refractivity contribution in [2.75, 3.05) is 0 Å². The molecule has 1 aromatic carbocycles. The van der Waals surface area contributed by atoms with Gasteiger partial charge in [0.2, 0.25) is 5.91 Å². The first-order valence-corrected chi connectivity index (χ1v) is 6.60. The third-order valence-electron chi connectivity index (χ3n) is 3.50. The minimum absolute atomic E-state index is 0.227. The Balaban J connectivity index is 1.80. The minimum Gasteiger partial charge on any atom is -0.353 e. The molecule has 0 saturated heterocycles. The Morgan fingerprint density at radius 1 is 1.29 bits per heavy atom. The third-order valence-corrected chi connectivity index (χ3v) is 3.50. The molecule has 92 valence electrons. The summed E-state index contributed by atoms with van der Waals surface area (Å²) in [5.74, 6) is 0.527. The minimum atomic E-state index is 0.227. The van der Waals surface area contributed by atoms with Gasteiger partial charge in [0.25, 0.3) is 0 Å². The van der Waals surface area contributed by atoms with Crippen LogP contribution in [-0.4, -0.2) is 11.9 Å². The van der Waals surface area contributed by atoms with Crippen LogP contribution in [0.1, 0.15) is 38.2 Å². The summed E-state index contributed by atoms with van der Waals surface area (Å²) in [6.45, 7) is 2.08. The molecule has 1 aliphatic rings. The third kappa shape index (κ3) is 3.58. The lowest BCUT2D eigenvalue weighted by molar-refractivity contribution is -0.125. The second-order valence-corrected chi connectivity index (χ2v) is 5.08. The Bertz CT molecular complexity index is 354. The van der Waals surface area contributed by atoms with E-state index in [-0.39, 0.29) is 17.9 Å². The van der Waals surface area contributed by atoms with Gasteiger partial charge in [-0.25, -0.2) is 0 Å². The van der Waals surface area contributed by atoms with E-state index in [1.165, 1.54) is 18.4 Å². The Kier molecular flexibility index (Phi) is 4.18. The lowest BCUT2D eigenvalue weighted by atomic mass is 10.0. The summed E-state index contributed by atoms with van der Waals surface area (Å²) in [4.78, 5) is 11.9. The number of nitrogens with one attached hydrogen (secondary N) is 1. The highest BCUT2D eigenvalue weighted by Gasteiger charge is 2.23. The average Bonchev–Trinajstić information content (AvgIpc) is 2.83. The van der Waals surface area contributed by atoms with Gasteiger partial charge >= 0.3 is 0 Å². The van der Waals surface area contributed by atoms with Gasteiger partial charge in [-0.05, 0) is 31.7 Å². The van der Waals surface area contributed by atoms with Gasteiger partial charge in [0.15, 0.2) is 0 Å². The van der Waals surface area contributed by atoms with E-state index in [1.54, 1.807) is 0 Å². The van der Waals surface area contributed by atoms with Crippen molar-refractivity contribution in [3.63, 3.8) is 0 Å². The molecule has 1 saturated carbocycles.